The molecule has 2 rings (SSSR count). The molecule has 0 unspecified atom stereocenters. The SMILES string of the molecule is CCCC(=O)Oc1c[nH]c2ccccc12.[KH].[KH]. The Balaban J connectivity index is 0.00000128. The van der Waals surface area contributed by atoms with Crippen molar-refractivity contribution in [1.29, 1.82) is 0 Å². The number of para-hydroxylation sites is 1. The molecule has 0 aliphatic rings. The van der Waals surface area contributed by atoms with E-state index in [0.29, 0.717) is 12.2 Å². The third kappa shape index (κ3) is 5.18. The number of hydrogen-bond acceptors (Lipinski definition) is 2. The molecule has 0 radical (unpaired) electrons. The Morgan fingerprint density at radius 1 is 1.29 bits per heavy atom. The molecule has 17 heavy (non-hydrogen) atoms. The van der Waals surface area contributed by atoms with Gasteiger partial charge in [0, 0.05) is 23.5 Å². The van der Waals surface area contributed by atoms with E-state index in [9.17, 15) is 4.79 Å². The van der Waals surface area contributed by atoms with Crippen LogP contribution in [-0.4, -0.2) is 114 Å². The Morgan fingerprint density at radius 3 is 2.71 bits per heavy atom. The van der Waals surface area contributed by atoms with Crippen molar-refractivity contribution in [1.82, 2.24) is 4.98 Å². The molecule has 0 bridgehead atoms. The summed E-state index contributed by atoms with van der Waals surface area (Å²) >= 11 is 0. The van der Waals surface area contributed by atoms with Crippen molar-refractivity contribution in [3.8, 4) is 5.75 Å². The quantitative estimate of drug-likeness (QED) is 0.686. The summed E-state index contributed by atoms with van der Waals surface area (Å²) in [6.07, 6.45) is 2.99. The van der Waals surface area contributed by atoms with E-state index >= 15 is 0 Å². The van der Waals surface area contributed by atoms with Crippen LogP contribution in [0.5, 0.6) is 5.75 Å². The molecule has 1 heterocycles. The van der Waals surface area contributed by atoms with Crippen LogP contribution in [0.2, 0.25) is 0 Å². The van der Waals surface area contributed by atoms with Gasteiger partial charge >= 0.3 is 109 Å². The van der Waals surface area contributed by atoms with Gasteiger partial charge in [-0.2, -0.15) is 0 Å². The van der Waals surface area contributed by atoms with Crippen molar-refractivity contribution in [2.75, 3.05) is 0 Å². The zero-order chi connectivity index (χ0) is 10.7. The number of aromatic amines is 1. The van der Waals surface area contributed by atoms with E-state index in [1.54, 1.807) is 6.20 Å². The van der Waals surface area contributed by atoms with Crippen LogP contribution in [0.25, 0.3) is 10.9 Å². The average Bonchev–Trinajstić information content (AvgIpc) is 2.62. The first-order chi connectivity index (χ1) is 7.31. The number of benzene rings is 1. The van der Waals surface area contributed by atoms with Crippen LogP contribution in [0.4, 0.5) is 0 Å². The minimum absolute atomic E-state index is 0. The Kier molecular flexibility index (Phi) is 10.2. The van der Waals surface area contributed by atoms with Crippen LogP contribution < -0.4 is 4.74 Å². The second kappa shape index (κ2) is 9.41. The molecule has 0 saturated heterocycles. The van der Waals surface area contributed by atoms with E-state index in [1.807, 2.05) is 31.2 Å². The van der Waals surface area contributed by atoms with Crippen molar-refractivity contribution in [3.63, 3.8) is 0 Å². The van der Waals surface area contributed by atoms with Crippen molar-refractivity contribution in [3.05, 3.63) is 30.5 Å². The van der Waals surface area contributed by atoms with Crippen molar-refractivity contribution in [2.45, 2.75) is 19.8 Å². The standard InChI is InChI=1S/C12H13NO2.2K.2H/c1-2-5-12(14)15-11-8-13-10-7-4-3-6-9(10)11;;;;/h3-4,6-8,13H,2,5H2,1H3;;;;. The molecule has 82 valence electrons. The zero-order valence-corrected chi connectivity index (χ0v) is 8.62. The number of H-pyrrole nitrogens is 1. The predicted molar refractivity (Wildman–Crippen MR) is 73.1 cm³/mol. The first kappa shape index (κ1) is 18.5. The number of rotatable bonds is 3. The van der Waals surface area contributed by atoms with Crippen LogP contribution in [0.1, 0.15) is 19.8 Å². The summed E-state index contributed by atoms with van der Waals surface area (Å²) in [5.74, 6) is 0.436. The third-order valence-corrected chi connectivity index (χ3v) is 2.23. The number of hydrogen-bond donors (Lipinski definition) is 1. The summed E-state index contributed by atoms with van der Waals surface area (Å²) in [6.45, 7) is 1.95. The molecule has 1 N–H and O–H groups in total. The summed E-state index contributed by atoms with van der Waals surface area (Å²) in [6, 6.07) is 7.75. The van der Waals surface area contributed by atoms with Crippen LogP contribution in [0, 0.1) is 0 Å². The molecule has 3 nitrogen and oxygen atoms in total. The number of nitrogens with one attached hydrogen (secondary N) is 1. The van der Waals surface area contributed by atoms with Gasteiger partial charge in [-0.25, -0.2) is 0 Å². The van der Waals surface area contributed by atoms with Crippen LogP contribution in [-0.2, 0) is 4.79 Å². The molecule has 0 aliphatic heterocycles. The molecule has 1 aromatic carbocycles. The van der Waals surface area contributed by atoms with Gasteiger partial charge in [0.15, 0.2) is 5.75 Å². The number of fused-ring (bicyclic) bond motifs is 1. The van der Waals surface area contributed by atoms with Gasteiger partial charge in [-0.3, -0.25) is 4.79 Å². The van der Waals surface area contributed by atoms with Crippen LogP contribution in [0.15, 0.2) is 30.5 Å². The number of carbonyl (C=O) groups excluding carboxylic acids is 1. The fourth-order valence-corrected chi connectivity index (χ4v) is 1.51. The molecule has 0 fully saturated rings. The Hall–Kier alpha value is 1.50. The minimum atomic E-state index is -0.178. The van der Waals surface area contributed by atoms with Gasteiger partial charge < -0.3 is 9.72 Å². The Bertz CT molecular complexity index is 482. The van der Waals surface area contributed by atoms with Crippen LogP contribution in [0.3, 0.4) is 0 Å². The molecule has 0 amide bonds. The average molecular weight is 283 g/mol. The maximum absolute atomic E-state index is 11.3. The van der Waals surface area contributed by atoms with Crippen molar-refractivity contribution >= 4 is 120 Å². The summed E-state index contributed by atoms with van der Waals surface area (Å²) in [7, 11) is 0. The normalized spacial score (nSPS) is 9.24. The van der Waals surface area contributed by atoms with Gasteiger partial charge in [0.2, 0.25) is 0 Å². The number of ether oxygens (including phenoxy) is 1. The van der Waals surface area contributed by atoms with E-state index in [1.165, 1.54) is 0 Å². The monoisotopic (exact) mass is 283 g/mol. The summed E-state index contributed by atoms with van der Waals surface area (Å²) in [4.78, 5) is 14.4. The first-order valence-corrected chi connectivity index (χ1v) is 5.08. The molecule has 5 heteroatoms. The Morgan fingerprint density at radius 2 is 2.00 bits per heavy atom. The van der Waals surface area contributed by atoms with E-state index < -0.39 is 0 Å². The second-order valence-corrected chi connectivity index (χ2v) is 3.42. The molecule has 0 aliphatic carbocycles. The van der Waals surface area contributed by atoms with E-state index in [2.05, 4.69) is 4.98 Å². The fraction of sp³-hybridized carbons (Fsp3) is 0.250. The molecule has 0 spiro atoms. The van der Waals surface area contributed by atoms with E-state index in [4.69, 9.17) is 4.74 Å². The van der Waals surface area contributed by atoms with Gasteiger partial charge in [-0.1, -0.05) is 19.1 Å². The third-order valence-electron chi connectivity index (χ3n) is 2.23. The van der Waals surface area contributed by atoms with Crippen molar-refractivity contribution < 1.29 is 9.53 Å². The molecule has 1 aromatic heterocycles. The summed E-state index contributed by atoms with van der Waals surface area (Å²) in [5, 5.41) is 0.946. The summed E-state index contributed by atoms with van der Waals surface area (Å²) in [5.41, 5.74) is 0.983. The maximum atomic E-state index is 11.3. The van der Waals surface area contributed by atoms with Gasteiger partial charge in [-0.05, 0) is 18.6 Å². The predicted octanol–water partition coefficient (Wildman–Crippen LogP) is 1.58. The number of aromatic nitrogens is 1. The first-order valence-electron chi connectivity index (χ1n) is 5.08. The molecular weight excluding hydrogens is 268 g/mol. The van der Waals surface area contributed by atoms with E-state index in [-0.39, 0.29) is 109 Å². The van der Waals surface area contributed by atoms with Gasteiger partial charge in [0.05, 0.1) is 0 Å². The number of carbonyl (C=O) groups is 1. The van der Waals surface area contributed by atoms with E-state index in [0.717, 1.165) is 17.3 Å². The molecular formula is C12H15K2NO2. The molecule has 2 aromatic rings. The number of esters is 1. The molecule has 0 saturated carbocycles. The molecule has 0 atom stereocenters. The zero-order valence-electron chi connectivity index (χ0n) is 8.62. The van der Waals surface area contributed by atoms with Gasteiger partial charge in [0.25, 0.3) is 0 Å². The topological polar surface area (TPSA) is 42.1 Å². The van der Waals surface area contributed by atoms with Gasteiger partial charge in [-0.15, -0.1) is 0 Å². The van der Waals surface area contributed by atoms with Crippen molar-refractivity contribution in [2.24, 2.45) is 0 Å². The Labute approximate surface area is 186 Å². The van der Waals surface area contributed by atoms with Crippen LogP contribution >= 0.6 is 0 Å². The fourth-order valence-electron chi connectivity index (χ4n) is 1.51. The van der Waals surface area contributed by atoms with Gasteiger partial charge in [0.1, 0.15) is 0 Å². The summed E-state index contributed by atoms with van der Waals surface area (Å²) < 4.78 is 5.24. The second-order valence-electron chi connectivity index (χ2n) is 3.42.